The van der Waals surface area contributed by atoms with Crippen LogP contribution in [0, 0.1) is 5.92 Å². The summed E-state index contributed by atoms with van der Waals surface area (Å²) in [4.78, 5) is 38.6. The summed E-state index contributed by atoms with van der Waals surface area (Å²) in [5, 5.41) is 10.2. The number of carbonyl (C=O) groups excluding carboxylic acids is 3. The number of hydrogen-bond acceptors (Lipinski definition) is 6. The minimum absolute atomic E-state index is 0.0718. The molecule has 23 heavy (non-hydrogen) atoms. The molecule has 0 radical (unpaired) electrons. The average Bonchev–Trinajstić information content (AvgIpc) is 2.99. The van der Waals surface area contributed by atoms with Crippen molar-refractivity contribution in [2.24, 2.45) is 5.92 Å². The number of β-amino-alcohol motifs (C(OH)–C–C–N with tert-alkyl or cyclic N) is 1. The molecule has 8 heteroatoms. The van der Waals surface area contributed by atoms with Gasteiger partial charge in [-0.25, -0.2) is 4.79 Å². The minimum Gasteiger partial charge on any atom is -0.469 e. The third-order valence-corrected chi connectivity index (χ3v) is 4.00. The van der Waals surface area contributed by atoms with Crippen molar-refractivity contribution in [2.45, 2.75) is 44.9 Å². The molecule has 3 unspecified atom stereocenters. The Morgan fingerprint density at radius 2 is 1.87 bits per heavy atom. The molecule has 0 aromatic carbocycles. The molecule has 2 rings (SSSR count). The van der Waals surface area contributed by atoms with Gasteiger partial charge in [-0.3, -0.25) is 9.59 Å². The Morgan fingerprint density at radius 3 is 2.43 bits per heavy atom. The van der Waals surface area contributed by atoms with E-state index in [0.29, 0.717) is 0 Å². The number of carbonyl (C=O) groups is 3. The number of ether oxygens (including phenoxy) is 2. The van der Waals surface area contributed by atoms with Crippen LogP contribution in [0.1, 0.15) is 27.2 Å². The fourth-order valence-corrected chi connectivity index (χ4v) is 2.93. The van der Waals surface area contributed by atoms with Crippen molar-refractivity contribution in [2.75, 3.05) is 26.7 Å². The molecule has 2 aliphatic heterocycles. The number of aliphatic hydroxyl groups is 1. The number of esters is 1. The topological polar surface area (TPSA) is 96.4 Å². The zero-order valence-corrected chi connectivity index (χ0v) is 13.9. The minimum atomic E-state index is -0.858. The highest BCUT2D eigenvalue weighted by molar-refractivity contribution is 5.87. The van der Waals surface area contributed by atoms with Crippen molar-refractivity contribution in [3.05, 3.63) is 0 Å². The number of aliphatic hydroxyl groups excluding tert-OH is 1. The molecular formula is C15H24N2O6. The van der Waals surface area contributed by atoms with Gasteiger partial charge >= 0.3 is 12.1 Å². The lowest BCUT2D eigenvalue weighted by atomic mass is 10.1. The predicted octanol–water partition coefficient (Wildman–Crippen LogP) is -0.0119. The van der Waals surface area contributed by atoms with E-state index >= 15 is 0 Å². The summed E-state index contributed by atoms with van der Waals surface area (Å²) in [5.74, 6) is -1.16. The van der Waals surface area contributed by atoms with E-state index < -0.39 is 35.7 Å². The largest absolute Gasteiger partial charge is 0.469 e. The van der Waals surface area contributed by atoms with Crippen LogP contribution in [0.2, 0.25) is 0 Å². The van der Waals surface area contributed by atoms with E-state index in [0.717, 1.165) is 0 Å². The van der Waals surface area contributed by atoms with Crippen molar-refractivity contribution >= 4 is 18.0 Å². The van der Waals surface area contributed by atoms with Crippen LogP contribution in [0.5, 0.6) is 0 Å². The fourth-order valence-electron chi connectivity index (χ4n) is 2.93. The summed E-state index contributed by atoms with van der Waals surface area (Å²) in [6.07, 6.45) is -1.31. The molecule has 2 saturated heterocycles. The zero-order valence-electron chi connectivity index (χ0n) is 13.9. The molecule has 8 nitrogen and oxygen atoms in total. The van der Waals surface area contributed by atoms with Gasteiger partial charge in [0.2, 0.25) is 5.91 Å². The van der Waals surface area contributed by atoms with Gasteiger partial charge in [-0.05, 0) is 20.8 Å². The van der Waals surface area contributed by atoms with E-state index in [4.69, 9.17) is 4.74 Å². The highest BCUT2D eigenvalue weighted by Gasteiger charge is 2.45. The molecule has 3 atom stereocenters. The number of hydrogen-bond donors (Lipinski definition) is 1. The van der Waals surface area contributed by atoms with Crippen LogP contribution < -0.4 is 0 Å². The van der Waals surface area contributed by atoms with Crippen LogP contribution in [0.15, 0.2) is 0 Å². The van der Waals surface area contributed by atoms with Crippen LogP contribution in [0.3, 0.4) is 0 Å². The predicted molar refractivity (Wildman–Crippen MR) is 79.4 cm³/mol. The Labute approximate surface area is 135 Å². The van der Waals surface area contributed by atoms with E-state index in [-0.39, 0.29) is 32.0 Å². The van der Waals surface area contributed by atoms with E-state index in [1.54, 1.807) is 20.8 Å². The standard InChI is InChI=1S/C15H24N2O6/c1-15(2,3)23-14(21)16-7-10(11(18)8-16)17-6-9(5-12(17)19)13(20)22-4/h9-11,18H,5-8H2,1-4H3. The van der Waals surface area contributed by atoms with Crippen molar-refractivity contribution < 1.29 is 29.0 Å². The molecule has 0 aromatic heterocycles. The van der Waals surface area contributed by atoms with E-state index in [2.05, 4.69) is 4.74 Å². The highest BCUT2D eigenvalue weighted by Crippen LogP contribution is 2.27. The zero-order chi connectivity index (χ0) is 17.4. The number of amides is 2. The van der Waals surface area contributed by atoms with E-state index in [1.165, 1.54) is 16.9 Å². The van der Waals surface area contributed by atoms with E-state index in [1.807, 2.05) is 0 Å². The van der Waals surface area contributed by atoms with Gasteiger partial charge < -0.3 is 24.4 Å². The van der Waals surface area contributed by atoms with Crippen LogP contribution in [-0.4, -0.2) is 77.4 Å². The summed E-state index contributed by atoms with van der Waals surface area (Å²) in [7, 11) is 1.28. The first-order valence-electron chi connectivity index (χ1n) is 7.65. The Kier molecular flexibility index (Phi) is 4.84. The Morgan fingerprint density at radius 1 is 1.22 bits per heavy atom. The van der Waals surface area contributed by atoms with Gasteiger partial charge in [0.25, 0.3) is 0 Å². The maximum atomic E-state index is 12.1. The first-order chi connectivity index (χ1) is 10.6. The summed E-state index contributed by atoms with van der Waals surface area (Å²) in [6.45, 7) is 5.79. The van der Waals surface area contributed by atoms with Crippen LogP contribution in [-0.2, 0) is 19.1 Å². The summed E-state index contributed by atoms with van der Waals surface area (Å²) >= 11 is 0. The van der Waals surface area contributed by atoms with Gasteiger partial charge in [0.15, 0.2) is 0 Å². The van der Waals surface area contributed by atoms with Crippen molar-refractivity contribution in [3.63, 3.8) is 0 Å². The number of likely N-dealkylation sites (tertiary alicyclic amines) is 2. The SMILES string of the molecule is COC(=O)C1CC(=O)N(C2CN(C(=O)OC(C)(C)C)CC2O)C1. The second kappa shape index (κ2) is 6.35. The Hall–Kier alpha value is -1.83. The second-order valence-electron chi connectivity index (χ2n) is 6.99. The molecule has 2 fully saturated rings. The molecule has 0 saturated carbocycles. The molecule has 130 valence electrons. The quantitative estimate of drug-likeness (QED) is 0.716. The first kappa shape index (κ1) is 17.5. The van der Waals surface area contributed by atoms with E-state index in [9.17, 15) is 19.5 Å². The van der Waals surface area contributed by atoms with Gasteiger partial charge in [-0.15, -0.1) is 0 Å². The number of rotatable bonds is 2. The highest BCUT2D eigenvalue weighted by atomic mass is 16.6. The number of methoxy groups -OCH3 is 1. The molecule has 2 heterocycles. The Balaban J connectivity index is 2.00. The molecule has 0 spiro atoms. The molecule has 2 aliphatic rings. The molecule has 1 N–H and O–H groups in total. The second-order valence-corrected chi connectivity index (χ2v) is 6.99. The molecule has 0 aliphatic carbocycles. The fraction of sp³-hybridized carbons (Fsp3) is 0.800. The summed E-state index contributed by atoms with van der Waals surface area (Å²) < 4.78 is 9.95. The summed E-state index contributed by atoms with van der Waals surface area (Å²) in [5.41, 5.74) is -0.625. The van der Waals surface area contributed by atoms with Crippen LogP contribution in [0.4, 0.5) is 4.79 Å². The molecular weight excluding hydrogens is 304 g/mol. The van der Waals surface area contributed by atoms with Gasteiger partial charge in [0, 0.05) is 19.5 Å². The van der Waals surface area contributed by atoms with Crippen molar-refractivity contribution in [1.82, 2.24) is 9.80 Å². The van der Waals surface area contributed by atoms with Gasteiger partial charge in [0.1, 0.15) is 5.60 Å². The summed E-state index contributed by atoms with van der Waals surface area (Å²) in [6, 6.07) is -0.523. The first-order valence-corrected chi connectivity index (χ1v) is 7.65. The maximum Gasteiger partial charge on any atom is 0.410 e. The van der Waals surface area contributed by atoms with Crippen LogP contribution in [0.25, 0.3) is 0 Å². The smallest absolute Gasteiger partial charge is 0.410 e. The van der Waals surface area contributed by atoms with Gasteiger partial charge in [-0.1, -0.05) is 0 Å². The molecule has 0 aromatic rings. The van der Waals surface area contributed by atoms with Crippen molar-refractivity contribution in [1.29, 1.82) is 0 Å². The average molecular weight is 328 g/mol. The third-order valence-electron chi connectivity index (χ3n) is 4.00. The lowest BCUT2D eigenvalue weighted by molar-refractivity contribution is -0.145. The monoisotopic (exact) mass is 328 g/mol. The lowest BCUT2D eigenvalue weighted by Gasteiger charge is -2.27. The molecule has 0 bridgehead atoms. The number of nitrogens with zero attached hydrogens (tertiary/aromatic N) is 2. The normalized spacial score (nSPS) is 28.2. The maximum absolute atomic E-state index is 12.1. The third kappa shape index (κ3) is 3.93. The van der Waals surface area contributed by atoms with Gasteiger partial charge in [-0.2, -0.15) is 0 Å². The van der Waals surface area contributed by atoms with Crippen LogP contribution >= 0.6 is 0 Å². The lowest BCUT2D eigenvalue weighted by Crippen LogP contribution is -2.44. The van der Waals surface area contributed by atoms with Crippen molar-refractivity contribution in [3.8, 4) is 0 Å². The Bertz CT molecular complexity index is 501. The van der Waals surface area contributed by atoms with Gasteiger partial charge in [0.05, 0.1) is 31.7 Å². The molecule has 2 amide bonds.